The molecule has 1 unspecified atom stereocenters. The van der Waals surface area contributed by atoms with Crippen molar-refractivity contribution < 1.29 is 4.79 Å². The molecule has 1 rings (SSSR count). The summed E-state index contributed by atoms with van der Waals surface area (Å²) >= 11 is 0. The molecule has 10 heavy (non-hydrogen) atoms. The maximum atomic E-state index is 10.6. The minimum atomic E-state index is 0.0796. The molecule has 0 saturated carbocycles. The van der Waals surface area contributed by atoms with Crippen molar-refractivity contribution in [3.05, 3.63) is 0 Å². The van der Waals surface area contributed by atoms with Crippen LogP contribution in [0.15, 0.2) is 0 Å². The number of nitrogens with zero attached hydrogens (tertiary/aromatic N) is 1. The zero-order valence-electron chi connectivity index (χ0n) is 5.55. The quantitative estimate of drug-likeness (QED) is 0.374. The summed E-state index contributed by atoms with van der Waals surface area (Å²) in [5.41, 5.74) is 0. The lowest BCUT2D eigenvalue weighted by atomic mass is 10.1. The minimum Gasteiger partial charge on any atom is -0.354 e. The van der Waals surface area contributed by atoms with E-state index in [-0.39, 0.29) is 11.9 Å². The lowest BCUT2D eigenvalue weighted by Crippen LogP contribution is -2.44. The summed E-state index contributed by atoms with van der Waals surface area (Å²) in [6, 6.07) is 0.141. The van der Waals surface area contributed by atoms with E-state index in [1.807, 2.05) is 6.19 Å². The Balaban J connectivity index is 2.27. The number of piperidine rings is 1. The molecule has 1 fully saturated rings. The highest BCUT2D eigenvalue weighted by molar-refractivity contribution is 5.76. The fraction of sp³-hybridized carbons (Fsp3) is 0.667. The van der Waals surface area contributed by atoms with Crippen LogP contribution in [0.1, 0.15) is 12.8 Å². The van der Waals surface area contributed by atoms with E-state index in [4.69, 9.17) is 5.26 Å². The molecular weight excluding hydrogens is 130 g/mol. The molecule has 1 aliphatic heterocycles. The van der Waals surface area contributed by atoms with Gasteiger partial charge in [0, 0.05) is 13.0 Å². The number of rotatable bonds is 1. The average Bonchev–Trinajstić information content (AvgIpc) is 1.95. The molecule has 1 amide bonds. The second-order valence-electron chi connectivity index (χ2n) is 2.30. The van der Waals surface area contributed by atoms with Crippen LogP contribution < -0.4 is 10.6 Å². The molecule has 0 bridgehead atoms. The Labute approximate surface area is 59.2 Å². The van der Waals surface area contributed by atoms with Gasteiger partial charge in [0.05, 0.1) is 6.04 Å². The molecule has 0 aliphatic carbocycles. The number of amides is 1. The Morgan fingerprint density at radius 3 is 3.10 bits per heavy atom. The van der Waals surface area contributed by atoms with E-state index in [1.165, 1.54) is 0 Å². The van der Waals surface area contributed by atoms with Crippen molar-refractivity contribution in [2.75, 3.05) is 6.54 Å². The largest absolute Gasteiger partial charge is 0.354 e. The second kappa shape index (κ2) is 3.06. The topological polar surface area (TPSA) is 64.9 Å². The van der Waals surface area contributed by atoms with Crippen LogP contribution >= 0.6 is 0 Å². The van der Waals surface area contributed by atoms with Crippen LogP contribution in [0.4, 0.5) is 0 Å². The van der Waals surface area contributed by atoms with Crippen molar-refractivity contribution in [1.82, 2.24) is 10.6 Å². The molecule has 1 atom stereocenters. The highest BCUT2D eigenvalue weighted by Crippen LogP contribution is 2.01. The van der Waals surface area contributed by atoms with Crippen molar-refractivity contribution in [2.45, 2.75) is 18.9 Å². The van der Waals surface area contributed by atoms with Crippen LogP contribution in [0.3, 0.4) is 0 Å². The monoisotopic (exact) mass is 139 g/mol. The summed E-state index contributed by atoms with van der Waals surface area (Å²) < 4.78 is 0. The number of carbonyl (C=O) groups excluding carboxylic acids is 1. The summed E-state index contributed by atoms with van der Waals surface area (Å²) in [5, 5.41) is 13.5. The maximum Gasteiger partial charge on any atom is 0.220 e. The Hall–Kier alpha value is -1.24. The fourth-order valence-corrected chi connectivity index (χ4v) is 0.947. The van der Waals surface area contributed by atoms with Gasteiger partial charge in [0.25, 0.3) is 0 Å². The van der Waals surface area contributed by atoms with Gasteiger partial charge < -0.3 is 10.6 Å². The van der Waals surface area contributed by atoms with E-state index in [2.05, 4.69) is 10.6 Å². The summed E-state index contributed by atoms with van der Waals surface area (Å²) in [7, 11) is 0. The van der Waals surface area contributed by atoms with Gasteiger partial charge in [-0.25, -0.2) is 0 Å². The van der Waals surface area contributed by atoms with Crippen LogP contribution in [0.25, 0.3) is 0 Å². The van der Waals surface area contributed by atoms with Crippen LogP contribution in [0.5, 0.6) is 0 Å². The van der Waals surface area contributed by atoms with Crippen molar-refractivity contribution in [2.24, 2.45) is 0 Å². The third-order valence-electron chi connectivity index (χ3n) is 1.53. The number of nitrogens with one attached hydrogen (secondary N) is 2. The molecule has 1 heterocycles. The van der Waals surface area contributed by atoms with Gasteiger partial charge in [-0.3, -0.25) is 4.79 Å². The smallest absolute Gasteiger partial charge is 0.220 e. The number of hydrogen-bond donors (Lipinski definition) is 2. The summed E-state index contributed by atoms with van der Waals surface area (Å²) in [6.45, 7) is 0.576. The van der Waals surface area contributed by atoms with E-state index in [0.717, 1.165) is 6.42 Å². The van der Waals surface area contributed by atoms with Crippen LogP contribution in [-0.4, -0.2) is 18.5 Å². The van der Waals surface area contributed by atoms with Gasteiger partial charge in [-0.15, -0.1) is 0 Å². The predicted molar refractivity (Wildman–Crippen MR) is 34.8 cm³/mol. The average molecular weight is 139 g/mol. The first-order valence-corrected chi connectivity index (χ1v) is 3.24. The highest BCUT2D eigenvalue weighted by Gasteiger charge is 2.16. The Kier molecular flexibility index (Phi) is 2.11. The molecule has 0 aromatic carbocycles. The van der Waals surface area contributed by atoms with Gasteiger partial charge in [0.1, 0.15) is 0 Å². The summed E-state index contributed by atoms with van der Waals surface area (Å²) in [4.78, 5) is 10.6. The van der Waals surface area contributed by atoms with Gasteiger partial charge in [-0.1, -0.05) is 0 Å². The molecule has 0 aromatic heterocycles. The molecule has 4 heteroatoms. The number of nitriles is 1. The lowest BCUT2D eigenvalue weighted by Gasteiger charge is -2.20. The normalized spacial score (nSPS) is 24.7. The first-order chi connectivity index (χ1) is 4.83. The molecule has 0 radical (unpaired) electrons. The molecule has 0 aromatic rings. The molecular formula is C6H9N3O. The van der Waals surface area contributed by atoms with Gasteiger partial charge in [-0.2, -0.15) is 5.26 Å². The van der Waals surface area contributed by atoms with Crippen molar-refractivity contribution in [3.8, 4) is 6.19 Å². The molecule has 0 spiro atoms. The Morgan fingerprint density at radius 2 is 2.60 bits per heavy atom. The van der Waals surface area contributed by atoms with E-state index < -0.39 is 0 Å². The third kappa shape index (κ3) is 1.62. The highest BCUT2D eigenvalue weighted by atomic mass is 16.1. The van der Waals surface area contributed by atoms with Gasteiger partial charge >= 0.3 is 0 Å². The zero-order valence-corrected chi connectivity index (χ0v) is 5.55. The van der Waals surface area contributed by atoms with Crippen LogP contribution in [0, 0.1) is 11.5 Å². The van der Waals surface area contributed by atoms with E-state index in [0.29, 0.717) is 13.0 Å². The summed E-state index contributed by atoms with van der Waals surface area (Å²) in [5.74, 6) is 0.0796. The van der Waals surface area contributed by atoms with E-state index in [9.17, 15) is 4.79 Å². The van der Waals surface area contributed by atoms with Crippen LogP contribution in [0.2, 0.25) is 0 Å². The molecule has 54 valence electrons. The SMILES string of the molecule is N#CNC1CCC(=O)NC1. The first-order valence-electron chi connectivity index (χ1n) is 3.24. The minimum absolute atomic E-state index is 0.0796. The van der Waals surface area contributed by atoms with Gasteiger partial charge in [-0.05, 0) is 6.42 Å². The molecule has 4 nitrogen and oxygen atoms in total. The molecule has 1 aliphatic rings. The van der Waals surface area contributed by atoms with Crippen molar-refractivity contribution in [3.63, 3.8) is 0 Å². The third-order valence-corrected chi connectivity index (χ3v) is 1.53. The number of hydrogen-bond acceptors (Lipinski definition) is 3. The standard InChI is InChI=1S/C6H9N3O/c7-4-9-5-1-2-6(10)8-3-5/h5,9H,1-3H2,(H,8,10). The second-order valence-corrected chi connectivity index (χ2v) is 2.30. The van der Waals surface area contributed by atoms with Crippen LogP contribution in [-0.2, 0) is 4.79 Å². The summed E-state index contributed by atoms with van der Waals surface area (Å²) in [6.07, 6.45) is 3.14. The predicted octanol–water partition coefficient (Wildman–Crippen LogP) is -0.664. The van der Waals surface area contributed by atoms with Gasteiger partial charge in [0.2, 0.25) is 5.91 Å². The lowest BCUT2D eigenvalue weighted by molar-refractivity contribution is -0.122. The molecule has 1 saturated heterocycles. The first kappa shape index (κ1) is 6.87. The molecule has 2 N–H and O–H groups in total. The van der Waals surface area contributed by atoms with Crippen molar-refractivity contribution in [1.29, 1.82) is 5.26 Å². The van der Waals surface area contributed by atoms with Crippen molar-refractivity contribution >= 4 is 5.91 Å². The fourth-order valence-electron chi connectivity index (χ4n) is 0.947. The Bertz CT molecular complexity index is 162. The Morgan fingerprint density at radius 1 is 1.80 bits per heavy atom. The number of carbonyl (C=O) groups is 1. The maximum absolute atomic E-state index is 10.6. The van der Waals surface area contributed by atoms with E-state index >= 15 is 0 Å². The van der Waals surface area contributed by atoms with E-state index in [1.54, 1.807) is 0 Å². The zero-order chi connectivity index (χ0) is 7.40. The van der Waals surface area contributed by atoms with Gasteiger partial charge in [0.15, 0.2) is 6.19 Å².